The minimum Gasteiger partial charge on any atom is -0.377 e. The fourth-order valence-corrected chi connectivity index (χ4v) is 2.90. The Balaban J connectivity index is 2.34. The van der Waals surface area contributed by atoms with Gasteiger partial charge < -0.3 is 10.1 Å². The van der Waals surface area contributed by atoms with Gasteiger partial charge in [0, 0.05) is 32.8 Å². The number of nitrogens with one attached hydrogen (secondary N) is 1. The minimum atomic E-state index is -3.15. The van der Waals surface area contributed by atoms with Crippen molar-refractivity contribution in [3.8, 4) is 0 Å². The van der Waals surface area contributed by atoms with Gasteiger partial charge in [0.2, 0.25) is 10.0 Å². The summed E-state index contributed by atoms with van der Waals surface area (Å²) in [5.74, 6) is 0.147. The molecule has 1 aliphatic rings. The zero-order valence-electron chi connectivity index (χ0n) is 11.0. The van der Waals surface area contributed by atoms with E-state index in [-0.39, 0.29) is 11.9 Å². The average molecular weight is 264 g/mol. The predicted molar refractivity (Wildman–Crippen MR) is 68.5 cm³/mol. The number of rotatable bonds is 7. The Hall–Kier alpha value is -0.170. The molecule has 1 atom stereocenters. The monoisotopic (exact) mass is 264 g/mol. The zero-order chi connectivity index (χ0) is 12.9. The van der Waals surface area contributed by atoms with Crippen LogP contribution in [0, 0.1) is 0 Å². The van der Waals surface area contributed by atoms with E-state index < -0.39 is 10.0 Å². The molecule has 0 aromatic rings. The molecule has 0 radical (unpaired) electrons. The van der Waals surface area contributed by atoms with Crippen LogP contribution >= 0.6 is 0 Å². The third-order valence-electron chi connectivity index (χ3n) is 2.87. The Morgan fingerprint density at radius 1 is 1.47 bits per heavy atom. The lowest BCUT2D eigenvalue weighted by molar-refractivity contribution is 0.0979. The highest BCUT2D eigenvalue weighted by Gasteiger charge is 2.24. The quantitative estimate of drug-likeness (QED) is 0.724. The highest BCUT2D eigenvalue weighted by molar-refractivity contribution is 7.89. The summed E-state index contributed by atoms with van der Waals surface area (Å²) in [5, 5.41) is 3.11. The van der Waals surface area contributed by atoms with Crippen LogP contribution in [0.5, 0.6) is 0 Å². The SMILES string of the molecule is CC(C)NCCS(=O)(=O)N(C)CC1CCCO1. The van der Waals surface area contributed by atoms with E-state index in [2.05, 4.69) is 5.32 Å². The molecule has 0 aromatic heterocycles. The zero-order valence-corrected chi connectivity index (χ0v) is 11.8. The first-order valence-electron chi connectivity index (χ1n) is 6.21. The van der Waals surface area contributed by atoms with Gasteiger partial charge in [0.05, 0.1) is 11.9 Å². The third-order valence-corrected chi connectivity index (χ3v) is 4.69. The van der Waals surface area contributed by atoms with E-state index in [1.165, 1.54) is 4.31 Å². The van der Waals surface area contributed by atoms with Crippen molar-refractivity contribution in [1.29, 1.82) is 0 Å². The van der Waals surface area contributed by atoms with Crippen molar-refractivity contribution in [3.05, 3.63) is 0 Å². The maximum absolute atomic E-state index is 11.9. The Bertz CT molecular complexity index is 311. The molecule has 0 aromatic carbocycles. The molecule has 1 heterocycles. The number of nitrogens with zero attached hydrogens (tertiary/aromatic N) is 1. The lowest BCUT2D eigenvalue weighted by atomic mass is 10.2. The van der Waals surface area contributed by atoms with E-state index in [0.29, 0.717) is 19.1 Å². The lowest BCUT2D eigenvalue weighted by Gasteiger charge is -2.20. The smallest absolute Gasteiger partial charge is 0.215 e. The van der Waals surface area contributed by atoms with Crippen molar-refractivity contribution in [2.24, 2.45) is 0 Å². The van der Waals surface area contributed by atoms with Gasteiger partial charge in [0.15, 0.2) is 0 Å². The van der Waals surface area contributed by atoms with E-state index in [1.54, 1.807) is 7.05 Å². The third kappa shape index (κ3) is 5.33. The number of sulfonamides is 1. The Morgan fingerprint density at radius 3 is 2.71 bits per heavy atom. The maximum Gasteiger partial charge on any atom is 0.215 e. The van der Waals surface area contributed by atoms with Crippen LogP contribution < -0.4 is 5.32 Å². The summed E-state index contributed by atoms with van der Waals surface area (Å²) >= 11 is 0. The van der Waals surface area contributed by atoms with Crippen LogP contribution in [0.4, 0.5) is 0 Å². The van der Waals surface area contributed by atoms with Crippen LogP contribution in [0.3, 0.4) is 0 Å². The second-order valence-electron chi connectivity index (χ2n) is 4.84. The summed E-state index contributed by atoms with van der Waals surface area (Å²) in [4.78, 5) is 0. The lowest BCUT2D eigenvalue weighted by Crippen LogP contribution is -2.39. The summed E-state index contributed by atoms with van der Waals surface area (Å²) in [6.07, 6.45) is 2.07. The molecule has 1 fully saturated rings. The van der Waals surface area contributed by atoms with E-state index in [4.69, 9.17) is 4.74 Å². The van der Waals surface area contributed by atoms with E-state index in [0.717, 1.165) is 19.4 Å². The van der Waals surface area contributed by atoms with E-state index >= 15 is 0 Å². The summed E-state index contributed by atoms with van der Waals surface area (Å²) in [5.41, 5.74) is 0. The molecular formula is C11H24N2O3S. The molecule has 1 unspecified atom stereocenters. The van der Waals surface area contributed by atoms with Gasteiger partial charge in [0.25, 0.3) is 0 Å². The molecule has 1 rings (SSSR count). The van der Waals surface area contributed by atoms with Gasteiger partial charge >= 0.3 is 0 Å². The van der Waals surface area contributed by atoms with Crippen LogP contribution in [0.2, 0.25) is 0 Å². The maximum atomic E-state index is 11.9. The summed E-state index contributed by atoms with van der Waals surface area (Å²) in [6.45, 7) is 5.73. The first-order chi connectivity index (χ1) is 7.92. The van der Waals surface area contributed by atoms with Crippen LogP contribution in [0.15, 0.2) is 0 Å². The second kappa shape index (κ2) is 6.68. The molecule has 6 heteroatoms. The number of ether oxygens (including phenoxy) is 1. The Labute approximate surface area is 105 Å². The molecular weight excluding hydrogens is 240 g/mol. The second-order valence-corrected chi connectivity index (χ2v) is 7.04. The van der Waals surface area contributed by atoms with Crippen molar-refractivity contribution < 1.29 is 13.2 Å². The largest absolute Gasteiger partial charge is 0.377 e. The summed E-state index contributed by atoms with van der Waals surface area (Å²) in [6, 6.07) is 0.314. The molecule has 0 amide bonds. The molecule has 5 nitrogen and oxygen atoms in total. The molecule has 1 aliphatic heterocycles. The van der Waals surface area contributed by atoms with Gasteiger partial charge in [-0.25, -0.2) is 12.7 Å². The normalized spacial score (nSPS) is 21.6. The summed E-state index contributed by atoms with van der Waals surface area (Å²) in [7, 11) is -1.52. The van der Waals surface area contributed by atoms with Crippen molar-refractivity contribution in [2.45, 2.75) is 38.8 Å². The van der Waals surface area contributed by atoms with Gasteiger partial charge in [-0.15, -0.1) is 0 Å². The highest BCUT2D eigenvalue weighted by Crippen LogP contribution is 2.14. The van der Waals surface area contributed by atoms with E-state index in [1.807, 2.05) is 13.8 Å². The van der Waals surface area contributed by atoms with Gasteiger partial charge in [-0.05, 0) is 12.8 Å². The minimum absolute atomic E-state index is 0.0767. The molecule has 102 valence electrons. The van der Waals surface area contributed by atoms with Crippen LogP contribution in [0.25, 0.3) is 0 Å². The van der Waals surface area contributed by atoms with Crippen molar-refractivity contribution in [2.75, 3.05) is 32.5 Å². The first kappa shape index (κ1) is 14.9. The van der Waals surface area contributed by atoms with Crippen molar-refractivity contribution in [3.63, 3.8) is 0 Å². The predicted octanol–water partition coefficient (Wildman–Crippen LogP) is 0.425. The van der Waals surface area contributed by atoms with Gasteiger partial charge in [-0.1, -0.05) is 13.8 Å². The molecule has 0 spiro atoms. The molecule has 17 heavy (non-hydrogen) atoms. The van der Waals surface area contributed by atoms with Crippen LogP contribution in [0.1, 0.15) is 26.7 Å². The molecule has 1 saturated heterocycles. The topological polar surface area (TPSA) is 58.6 Å². The van der Waals surface area contributed by atoms with Gasteiger partial charge in [-0.2, -0.15) is 0 Å². The van der Waals surface area contributed by atoms with Gasteiger partial charge in [-0.3, -0.25) is 0 Å². The Morgan fingerprint density at radius 2 is 2.18 bits per heavy atom. The number of hydrogen-bond donors (Lipinski definition) is 1. The average Bonchev–Trinajstić information content (AvgIpc) is 2.69. The first-order valence-corrected chi connectivity index (χ1v) is 7.81. The van der Waals surface area contributed by atoms with Crippen LogP contribution in [-0.2, 0) is 14.8 Å². The molecule has 0 aliphatic carbocycles. The number of likely N-dealkylation sites (N-methyl/N-ethyl adjacent to an activating group) is 1. The molecule has 1 N–H and O–H groups in total. The fraction of sp³-hybridized carbons (Fsp3) is 1.00. The van der Waals surface area contributed by atoms with E-state index in [9.17, 15) is 8.42 Å². The standard InChI is InChI=1S/C11H24N2O3S/c1-10(2)12-6-8-17(14,15)13(3)9-11-5-4-7-16-11/h10-12H,4-9H2,1-3H3. The van der Waals surface area contributed by atoms with Crippen molar-refractivity contribution >= 4 is 10.0 Å². The number of hydrogen-bond acceptors (Lipinski definition) is 4. The molecule has 0 bridgehead atoms. The van der Waals surface area contributed by atoms with Gasteiger partial charge in [0.1, 0.15) is 0 Å². The Kier molecular flexibility index (Phi) is 5.85. The molecule has 0 saturated carbocycles. The van der Waals surface area contributed by atoms with Crippen molar-refractivity contribution in [1.82, 2.24) is 9.62 Å². The highest BCUT2D eigenvalue weighted by atomic mass is 32.2. The summed E-state index contributed by atoms with van der Waals surface area (Å²) < 4.78 is 30.7. The fourth-order valence-electron chi connectivity index (χ4n) is 1.82. The van der Waals surface area contributed by atoms with Crippen LogP contribution in [-0.4, -0.2) is 57.4 Å².